The Balaban J connectivity index is 1.71. The van der Waals surface area contributed by atoms with Gasteiger partial charge in [0.2, 0.25) is 0 Å². The lowest BCUT2D eigenvalue weighted by Crippen LogP contribution is -2.02. The number of hydrogen-bond acceptors (Lipinski definition) is 4. The number of fused-ring (bicyclic) bond motifs is 1. The minimum Gasteiger partial charge on any atom is -0.362 e. The molecule has 0 fully saturated rings. The Hall–Kier alpha value is -2.66. The molecule has 108 valence electrons. The lowest BCUT2D eigenvalue weighted by Gasteiger charge is -2.06. The molecule has 0 amide bonds. The number of hydrogen-bond donors (Lipinski definition) is 1. The summed E-state index contributed by atoms with van der Waals surface area (Å²) < 4.78 is 2.07. The molecule has 0 aliphatic carbocycles. The summed E-state index contributed by atoms with van der Waals surface area (Å²) in [6, 6.07) is 14.4. The van der Waals surface area contributed by atoms with Crippen LogP contribution in [0.25, 0.3) is 16.9 Å². The Labute approximate surface area is 132 Å². The second-order valence-electron chi connectivity index (χ2n) is 4.91. The van der Waals surface area contributed by atoms with Crippen LogP contribution in [0.5, 0.6) is 0 Å². The average Bonchev–Trinajstić information content (AvgIpc) is 3.23. The van der Waals surface area contributed by atoms with Crippen molar-refractivity contribution in [2.75, 3.05) is 5.32 Å². The summed E-state index contributed by atoms with van der Waals surface area (Å²) in [6.07, 6.45) is 5.64. The second kappa shape index (κ2) is 5.61. The largest absolute Gasteiger partial charge is 0.362 e. The molecule has 0 saturated heterocycles. The highest BCUT2D eigenvalue weighted by molar-refractivity contribution is 7.09. The molecule has 0 aliphatic rings. The summed E-state index contributed by atoms with van der Waals surface area (Å²) >= 11 is 1.73. The highest BCUT2D eigenvalue weighted by Crippen LogP contribution is 2.23. The van der Waals surface area contributed by atoms with Crippen LogP contribution in [0.1, 0.15) is 4.88 Å². The van der Waals surface area contributed by atoms with Crippen LogP contribution < -0.4 is 5.32 Å². The molecule has 5 heteroatoms. The van der Waals surface area contributed by atoms with E-state index in [1.54, 1.807) is 17.5 Å². The average molecular weight is 306 g/mol. The predicted octanol–water partition coefficient (Wildman–Crippen LogP) is 4.07. The van der Waals surface area contributed by atoms with E-state index in [9.17, 15) is 0 Å². The Morgan fingerprint density at radius 1 is 1.05 bits per heavy atom. The fourth-order valence-corrected chi connectivity index (χ4v) is 3.09. The number of imidazole rings is 1. The number of nitrogens with one attached hydrogen (secondary N) is 1. The first kappa shape index (κ1) is 13.0. The van der Waals surface area contributed by atoms with Gasteiger partial charge in [-0.3, -0.25) is 4.40 Å². The van der Waals surface area contributed by atoms with Gasteiger partial charge in [0.15, 0.2) is 11.5 Å². The van der Waals surface area contributed by atoms with Crippen molar-refractivity contribution in [2.45, 2.75) is 6.54 Å². The summed E-state index contributed by atoms with van der Waals surface area (Å²) in [5.74, 6) is 0.804. The summed E-state index contributed by atoms with van der Waals surface area (Å²) in [5.41, 5.74) is 3.06. The molecule has 0 radical (unpaired) electrons. The summed E-state index contributed by atoms with van der Waals surface area (Å²) in [7, 11) is 0. The van der Waals surface area contributed by atoms with Gasteiger partial charge < -0.3 is 5.32 Å². The standard InChI is InChI=1S/C17H14N4S/c1-2-5-13(6-3-1)15-12-20-17-16(18-8-9-21(15)17)19-11-14-7-4-10-22-14/h1-10,12H,11H2,(H,18,19). The van der Waals surface area contributed by atoms with Crippen molar-refractivity contribution in [2.24, 2.45) is 0 Å². The van der Waals surface area contributed by atoms with E-state index in [1.807, 2.05) is 30.6 Å². The molecule has 1 N–H and O–H groups in total. The number of aromatic nitrogens is 3. The molecule has 4 aromatic rings. The Morgan fingerprint density at radius 2 is 1.95 bits per heavy atom. The highest BCUT2D eigenvalue weighted by Gasteiger charge is 2.09. The first-order valence-electron chi connectivity index (χ1n) is 7.05. The van der Waals surface area contributed by atoms with E-state index in [0.717, 1.165) is 29.3 Å². The van der Waals surface area contributed by atoms with E-state index in [0.29, 0.717) is 0 Å². The third-order valence-electron chi connectivity index (χ3n) is 3.51. The van der Waals surface area contributed by atoms with E-state index < -0.39 is 0 Å². The van der Waals surface area contributed by atoms with Crippen LogP contribution in [0.4, 0.5) is 5.82 Å². The zero-order valence-electron chi connectivity index (χ0n) is 11.8. The van der Waals surface area contributed by atoms with E-state index >= 15 is 0 Å². The summed E-state index contributed by atoms with van der Waals surface area (Å²) in [6.45, 7) is 0.762. The van der Waals surface area contributed by atoms with E-state index in [2.05, 4.69) is 49.3 Å². The molecule has 1 aromatic carbocycles. The third kappa shape index (κ3) is 2.35. The number of benzene rings is 1. The van der Waals surface area contributed by atoms with Crippen LogP contribution in [0, 0.1) is 0 Å². The quantitative estimate of drug-likeness (QED) is 0.618. The van der Waals surface area contributed by atoms with Crippen molar-refractivity contribution in [1.29, 1.82) is 0 Å². The second-order valence-corrected chi connectivity index (χ2v) is 5.94. The van der Waals surface area contributed by atoms with Crippen molar-refractivity contribution in [3.05, 3.63) is 71.3 Å². The molecule has 0 saturated carbocycles. The molecule has 0 unspecified atom stereocenters. The molecule has 3 heterocycles. The lowest BCUT2D eigenvalue weighted by molar-refractivity contribution is 1.08. The smallest absolute Gasteiger partial charge is 0.180 e. The van der Waals surface area contributed by atoms with Gasteiger partial charge in [-0.05, 0) is 11.4 Å². The topological polar surface area (TPSA) is 42.2 Å². The first-order valence-corrected chi connectivity index (χ1v) is 7.93. The predicted molar refractivity (Wildman–Crippen MR) is 90.1 cm³/mol. The molecule has 22 heavy (non-hydrogen) atoms. The van der Waals surface area contributed by atoms with Gasteiger partial charge in [0.05, 0.1) is 18.4 Å². The Morgan fingerprint density at radius 3 is 2.77 bits per heavy atom. The number of nitrogens with zero attached hydrogens (tertiary/aromatic N) is 3. The summed E-state index contributed by atoms with van der Waals surface area (Å²) in [5, 5.41) is 5.45. The highest BCUT2D eigenvalue weighted by atomic mass is 32.1. The van der Waals surface area contributed by atoms with Crippen molar-refractivity contribution in [3.8, 4) is 11.3 Å². The van der Waals surface area contributed by atoms with E-state index in [4.69, 9.17) is 0 Å². The lowest BCUT2D eigenvalue weighted by atomic mass is 10.2. The Bertz CT molecular complexity index is 882. The number of anilines is 1. The van der Waals surface area contributed by atoms with Gasteiger partial charge in [0, 0.05) is 22.8 Å². The molecule has 0 spiro atoms. The van der Waals surface area contributed by atoms with Gasteiger partial charge in [-0.15, -0.1) is 11.3 Å². The van der Waals surface area contributed by atoms with Crippen molar-refractivity contribution >= 4 is 22.8 Å². The molecule has 0 aliphatic heterocycles. The van der Waals surface area contributed by atoms with Crippen LogP contribution in [-0.2, 0) is 6.54 Å². The molecule has 0 bridgehead atoms. The zero-order valence-corrected chi connectivity index (χ0v) is 12.6. The van der Waals surface area contributed by atoms with Gasteiger partial charge in [-0.2, -0.15) is 0 Å². The van der Waals surface area contributed by atoms with Gasteiger partial charge in [-0.1, -0.05) is 36.4 Å². The normalized spacial score (nSPS) is 10.9. The third-order valence-corrected chi connectivity index (χ3v) is 4.38. The van der Waals surface area contributed by atoms with Crippen molar-refractivity contribution in [1.82, 2.24) is 14.4 Å². The monoisotopic (exact) mass is 306 g/mol. The van der Waals surface area contributed by atoms with Crippen LogP contribution in [0.2, 0.25) is 0 Å². The minimum atomic E-state index is 0.762. The molecular weight excluding hydrogens is 292 g/mol. The van der Waals surface area contributed by atoms with Gasteiger partial charge in [0.25, 0.3) is 0 Å². The molecule has 0 atom stereocenters. The minimum absolute atomic E-state index is 0.762. The molecular formula is C17H14N4S. The number of thiophene rings is 1. The maximum absolute atomic E-state index is 4.54. The van der Waals surface area contributed by atoms with Gasteiger partial charge in [-0.25, -0.2) is 9.97 Å². The fraction of sp³-hybridized carbons (Fsp3) is 0.0588. The van der Waals surface area contributed by atoms with Gasteiger partial charge >= 0.3 is 0 Å². The van der Waals surface area contributed by atoms with Gasteiger partial charge in [0.1, 0.15) is 0 Å². The first-order chi connectivity index (χ1) is 10.9. The molecule has 4 rings (SSSR count). The van der Waals surface area contributed by atoms with Crippen LogP contribution >= 0.6 is 11.3 Å². The van der Waals surface area contributed by atoms with Crippen molar-refractivity contribution in [3.63, 3.8) is 0 Å². The summed E-state index contributed by atoms with van der Waals surface area (Å²) in [4.78, 5) is 10.2. The maximum atomic E-state index is 4.54. The van der Waals surface area contributed by atoms with Crippen LogP contribution in [-0.4, -0.2) is 14.4 Å². The number of rotatable bonds is 4. The molecule has 4 nitrogen and oxygen atoms in total. The molecule has 3 aromatic heterocycles. The maximum Gasteiger partial charge on any atom is 0.180 e. The zero-order chi connectivity index (χ0) is 14.8. The Kier molecular flexibility index (Phi) is 3.33. The van der Waals surface area contributed by atoms with Crippen LogP contribution in [0.3, 0.4) is 0 Å². The van der Waals surface area contributed by atoms with E-state index in [-0.39, 0.29) is 0 Å². The van der Waals surface area contributed by atoms with E-state index in [1.165, 1.54) is 4.88 Å². The van der Waals surface area contributed by atoms with Crippen molar-refractivity contribution < 1.29 is 0 Å². The van der Waals surface area contributed by atoms with Crippen LogP contribution in [0.15, 0.2) is 66.4 Å². The fourth-order valence-electron chi connectivity index (χ4n) is 2.45. The SMILES string of the molecule is c1ccc(-c2cnc3c(NCc4cccs4)nccn23)cc1.